The van der Waals surface area contributed by atoms with Crippen molar-refractivity contribution in [3.05, 3.63) is 88.8 Å². The van der Waals surface area contributed by atoms with Crippen LogP contribution in [-0.2, 0) is 5.60 Å². The molecule has 0 aliphatic carbocycles. The number of rotatable bonds is 5. The largest absolute Gasteiger partial charge is 0.423 e. The van der Waals surface area contributed by atoms with E-state index < -0.39 is 29.7 Å². The molecule has 4 rings (SSSR count). The van der Waals surface area contributed by atoms with Crippen molar-refractivity contribution >= 4 is 28.2 Å². The molecule has 1 atom stereocenters. The van der Waals surface area contributed by atoms with Crippen LogP contribution in [-0.4, -0.2) is 27.6 Å². The van der Waals surface area contributed by atoms with Gasteiger partial charge in [-0.3, -0.25) is 0 Å². The van der Waals surface area contributed by atoms with Gasteiger partial charge in [0.1, 0.15) is 11.9 Å². The minimum atomic E-state index is -5.04. The zero-order valence-corrected chi connectivity index (χ0v) is 17.5. The molecule has 0 radical (unpaired) electrons. The number of hydrogen-bond donors (Lipinski definition) is 2. The minimum absolute atomic E-state index is 0.0675. The molecule has 168 valence electrons. The van der Waals surface area contributed by atoms with Crippen LogP contribution in [0.3, 0.4) is 0 Å². The van der Waals surface area contributed by atoms with Gasteiger partial charge in [0.2, 0.25) is 5.60 Å². The van der Waals surface area contributed by atoms with Crippen molar-refractivity contribution in [1.82, 2.24) is 9.78 Å². The number of nitrogens with zero attached hydrogens (tertiary/aromatic N) is 3. The van der Waals surface area contributed by atoms with Crippen molar-refractivity contribution in [2.24, 2.45) is 0 Å². The van der Waals surface area contributed by atoms with E-state index in [9.17, 15) is 27.9 Å². The molecule has 4 aromatic rings. The van der Waals surface area contributed by atoms with Gasteiger partial charge in [0, 0.05) is 10.4 Å². The lowest BCUT2D eigenvalue weighted by Crippen LogP contribution is -2.47. The van der Waals surface area contributed by atoms with Crippen LogP contribution in [0, 0.1) is 17.1 Å². The van der Waals surface area contributed by atoms with E-state index in [0.717, 1.165) is 6.07 Å². The molecule has 0 saturated heterocycles. The summed E-state index contributed by atoms with van der Waals surface area (Å²) in [4.78, 5) is 0. The van der Waals surface area contributed by atoms with Crippen LogP contribution in [0.15, 0.2) is 66.9 Å². The third-order valence-electron chi connectivity index (χ3n) is 5.22. The molecule has 1 unspecified atom stereocenters. The highest BCUT2D eigenvalue weighted by molar-refractivity contribution is 6.30. The number of benzene rings is 3. The van der Waals surface area contributed by atoms with Crippen molar-refractivity contribution < 1.29 is 22.7 Å². The molecular weight excluding hydrogens is 460 g/mol. The zero-order valence-electron chi connectivity index (χ0n) is 16.7. The fourth-order valence-electron chi connectivity index (χ4n) is 3.43. The van der Waals surface area contributed by atoms with E-state index in [-0.39, 0.29) is 16.3 Å². The Balaban J connectivity index is 1.71. The Kier molecular flexibility index (Phi) is 5.74. The van der Waals surface area contributed by atoms with E-state index in [0.29, 0.717) is 16.6 Å². The second kappa shape index (κ2) is 8.39. The molecule has 0 fully saturated rings. The number of nitriles is 1. The summed E-state index contributed by atoms with van der Waals surface area (Å²) in [7, 11) is 0. The average molecular weight is 475 g/mol. The maximum atomic E-state index is 14.0. The molecule has 0 aliphatic heterocycles. The quantitative estimate of drug-likeness (QED) is 0.372. The zero-order chi connectivity index (χ0) is 23.8. The Hall–Kier alpha value is -3.61. The lowest BCUT2D eigenvalue weighted by molar-refractivity contribution is -0.260. The summed E-state index contributed by atoms with van der Waals surface area (Å²) in [5, 5.41) is 27.2. The summed E-state index contributed by atoms with van der Waals surface area (Å²) >= 11 is 5.89. The topological polar surface area (TPSA) is 73.9 Å². The number of nitrogens with one attached hydrogen (secondary N) is 1. The molecule has 5 nitrogen and oxygen atoms in total. The van der Waals surface area contributed by atoms with Crippen LogP contribution >= 0.6 is 11.6 Å². The van der Waals surface area contributed by atoms with Crippen LogP contribution in [0.1, 0.15) is 11.1 Å². The first kappa shape index (κ1) is 22.6. The maximum absolute atomic E-state index is 14.0. The van der Waals surface area contributed by atoms with E-state index >= 15 is 0 Å². The van der Waals surface area contributed by atoms with Crippen LogP contribution in [0.2, 0.25) is 5.02 Å². The summed E-state index contributed by atoms with van der Waals surface area (Å²) < 4.78 is 56.7. The van der Waals surface area contributed by atoms with E-state index in [1.165, 1.54) is 65.5 Å². The number of fused-ring (bicyclic) bond motifs is 1. The second-order valence-corrected chi connectivity index (χ2v) is 7.76. The first-order valence-corrected chi connectivity index (χ1v) is 9.97. The molecule has 1 heterocycles. The molecule has 0 saturated carbocycles. The smallest absolute Gasteiger partial charge is 0.380 e. The highest BCUT2D eigenvalue weighted by Crippen LogP contribution is 2.40. The SMILES string of the molecule is N#Cc1ccc(Cl)cc1NCC(O)(c1ccc2c(cnn2-c2ccc(F)cc2)c1)C(F)(F)F. The molecule has 3 aromatic carbocycles. The van der Waals surface area contributed by atoms with Gasteiger partial charge in [-0.25, -0.2) is 9.07 Å². The molecule has 1 aromatic heterocycles. The summed E-state index contributed by atoms with van der Waals surface area (Å²) in [5.41, 5.74) is -2.53. The second-order valence-electron chi connectivity index (χ2n) is 7.32. The average Bonchev–Trinajstić information content (AvgIpc) is 3.20. The molecule has 0 spiro atoms. The fourth-order valence-corrected chi connectivity index (χ4v) is 3.60. The summed E-state index contributed by atoms with van der Waals surface area (Å²) in [6.07, 6.45) is -3.68. The summed E-state index contributed by atoms with van der Waals surface area (Å²) in [6, 6.07) is 15.2. The van der Waals surface area contributed by atoms with Gasteiger partial charge >= 0.3 is 6.18 Å². The Bertz CT molecular complexity index is 1360. The molecular formula is C23H15ClF4N4O. The van der Waals surface area contributed by atoms with Crippen molar-refractivity contribution in [2.75, 3.05) is 11.9 Å². The summed E-state index contributed by atoms with van der Waals surface area (Å²) in [6.45, 7) is -0.955. The Labute approximate surface area is 190 Å². The number of halogens is 5. The maximum Gasteiger partial charge on any atom is 0.423 e. The predicted octanol–water partition coefficient (Wildman–Crippen LogP) is 5.55. The van der Waals surface area contributed by atoms with Crippen molar-refractivity contribution in [3.63, 3.8) is 0 Å². The number of anilines is 1. The van der Waals surface area contributed by atoms with Gasteiger partial charge in [0.25, 0.3) is 0 Å². The van der Waals surface area contributed by atoms with Crippen LogP contribution in [0.25, 0.3) is 16.6 Å². The molecule has 33 heavy (non-hydrogen) atoms. The Morgan fingerprint density at radius 2 is 1.79 bits per heavy atom. The van der Waals surface area contributed by atoms with E-state index in [1.54, 1.807) is 0 Å². The Morgan fingerprint density at radius 1 is 1.06 bits per heavy atom. The number of alkyl halides is 3. The van der Waals surface area contributed by atoms with Gasteiger partial charge in [-0.1, -0.05) is 17.7 Å². The predicted molar refractivity (Wildman–Crippen MR) is 116 cm³/mol. The molecule has 0 aliphatic rings. The normalized spacial score (nSPS) is 13.5. The van der Waals surface area contributed by atoms with Gasteiger partial charge < -0.3 is 10.4 Å². The van der Waals surface area contributed by atoms with Crippen LogP contribution < -0.4 is 5.32 Å². The molecule has 0 bridgehead atoms. The molecule has 0 amide bonds. The van der Waals surface area contributed by atoms with Gasteiger partial charge in [0.15, 0.2) is 0 Å². The standard InChI is InChI=1S/C23H15ClF4N4O/c24-17-3-1-14(11-29)20(10-17)30-13-22(33,23(26,27)28)16-2-8-21-15(9-16)12-31-32(21)19-6-4-18(25)5-7-19/h1-10,12,30,33H,13H2. The third kappa shape index (κ3) is 4.23. The van der Waals surface area contributed by atoms with Crippen LogP contribution in [0.4, 0.5) is 23.2 Å². The third-order valence-corrected chi connectivity index (χ3v) is 5.46. The first-order valence-electron chi connectivity index (χ1n) is 9.59. The summed E-state index contributed by atoms with van der Waals surface area (Å²) in [5.74, 6) is -0.431. The van der Waals surface area contributed by atoms with E-state index in [4.69, 9.17) is 11.6 Å². The van der Waals surface area contributed by atoms with E-state index in [2.05, 4.69) is 10.4 Å². The molecule has 2 N–H and O–H groups in total. The van der Waals surface area contributed by atoms with Crippen LogP contribution in [0.5, 0.6) is 0 Å². The van der Waals surface area contributed by atoms with Crippen molar-refractivity contribution in [1.29, 1.82) is 5.26 Å². The Morgan fingerprint density at radius 3 is 2.45 bits per heavy atom. The highest BCUT2D eigenvalue weighted by Gasteiger charge is 2.55. The van der Waals surface area contributed by atoms with Crippen molar-refractivity contribution in [2.45, 2.75) is 11.8 Å². The highest BCUT2D eigenvalue weighted by atomic mass is 35.5. The first-order chi connectivity index (χ1) is 15.6. The lowest BCUT2D eigenvalue weighted by Gasteiger charge is -2.31. The number of aliphatic hydroxyl groups is 1. The number of hydrogen-bond acceptors (Lipinski definition) is 4. The lowest BCUT2D eigenvalue weighted by atomic mass is 9.91. The van der Waals surface area contributed by atoms with Gasteiger partial charge in [-0.15, -0.1) is 0 Å². The monoisotopic (exact) mass is 474 g/mol. The fraction of sp³-hybridized carbons (Fsp3) is 0.130. The minimum Gasteiger partial charge on any atom is -0.380 e. The van der Waals surface area contributed by atoms with Gasteiger partial charge in [-0.2, -0.15) is 23.5 Å². The molecule has 10 heteroatoms. The van der Waals surface area contributed by atoms with Crippen molar-refractivity contribution in [3.8, 4) is 11.8 Å². The van der Waals surface area contributed by atoms with E-state index in [1.807, 2.05) is 6.07 Å². The van der Waals surface area contributed by atoms with Gasteiger partial charge in [0.05, 0.1) is 35.2 Å². The number of aromatic nitrogens is 2. The van der Waals surface area contributed by atoms with Gasteiger partial charge in [-0.05, 0) is 60.2 Å².